The zero-order valence-electron chi connectivity index (χ0n) is 13.7. The monoisotopic (exact) mass is 352 g/mol. The smallest absolute Gasteiger partial charge is 0.0377 e. The van der Waals surface area contributed by atoms with Crippen molar-refractivity contribution in [3.63, 3.8) is 0 Å². The van der Waals surface area contributed by atoms with Gasteiger partial charge >= 0.3 is 0 Å². The molecule has 1 aliphatic rings. The van der Waals surface area contributed by atoms with Crippen LogP contribution in [0.5, 0.6) is 0 Å². The predicted molar refractivity (Wildman–Crippen MR) is 96.1 cm³/mol. The lowest BCUT2D eigenvalue weighted by Crippen LogP contribution is -2.33. The third-order valence-corrected chi connectivity index (χ3v) is 5.37. The predicted octanol–water partition coefficient (Wildman–Crippen LogP) is 5.28. The highest BCUT2D eigenvalue weighted by atomic mass is 79.9. The zero-order valence-corrected chi connectivity index (χ0v) is 15.2. The van der Waals surface area contributed by atoms with Crippen molar-refractivity contribution in [2.45, 2.75) is 64.5 Å². The van der Waals surface area contributed by atoms with Crippen LogP contribution in [-0.2, 0) is 0 Å². The molecular weight excluding hydrogens is 324 g/mol. The Hall–Kier alpha value is -0.540. The molecule has 3 heteroatoms. The molecule has 0 heterocycles. The van der Waals surface area contributed by atoms with E-state index >= 15 is 0 Å². The highest BCUT2D eigenvalue weighted by Crippen LogP contribution is 2.31. The number of nitrogens with one attached hydrogen (secondary N) is 1. The highest BCUT2D eigenvalue weighted by molar-refractivity contribution is 9.10. The molecule has 0 amide bonds. The molecule has 1 saturated carbocycles. The van der Waals surface area contributed by atoms with Gasteiger partial charge in [-0.15, -0.1) is 0 Å². The van der Waals surface area contributed by atoms with E-state index in [1.807, 2.05) is 0 Å². The van der Waals surface area contributed by atoms with Crippen LogP contribution in [0, 0.1) is 0 Å². The van der Waals surface area contributed by atoms with Gasteiger partial charge in [0.1, 0.15) is 0 Å². The van der Waals surface area contributed by atoms with Gasteiger partial charge in [0.25, 0.3) is 0 Å². The maximum atomic E-state index is 3.77. The number of hydrogen-bond acceptors (Lipinski definition) is 2. The van der Waals surface area contributed by atoms with E-state index in [4.69, 9.17) is 0 Å². The molecule has 0 bridgehead atoms. The largest absolute Gasteiger partial charge is 0.372 e. The second-order valence-corrected chi connectivity index (χ2v) is 7.14. The summed E-state index contributed by atoms with van der Waals surface area (Å²) in [6, 6.07) is 7.94. The van der Waals surface area contributed by atoms with Gasteiger partial charge in [-0.25, -0.2) is 0 Å². The van der Waals surface area contributed by atoms with Crippen LogP contribution in [0.3, 0.4) is 0 Å². The molecule has 1 aromatic rings. The summed E-state index contributed by atoms with van der Waals surface area (Å²) in [5, 5.41) is 3.56. The lowest BCUT2D eigenvalue weighted by atomic mass is 9.94. The van der Waals surface area contributed by atoms with E-state index in [1.165, 1.54) is 54.2 Å². The zero-order chi connectivity index (χ0) is 15.2. The van der Waals surface area contributed by atoms with Crippen molar-refractivity contribution >= 4 is 21.6 Å². The van der Waals surface area contributed by atoms with Crippen LogP contribution in [-0.4, -0.2) is 19.6 Å². The van der Waals surface area contributed by atoms with Gasteiger partial charge in [-0.05, 0) is 50.4 Å². The van der Waals surface area contributed by atoms with Gasteiger partial charge in [-0.1, -0.05) is 48.2 Å². The van der Waals surface area contributed by atoms with Crippen molar-refractivity contribution in [1.29, 1.82) is 0 Å². The number of anilines is 1. The average molecular weight is 353 g/mol. The SMILES string of the molecule is CCCNC(C)c1ccc(N(C)C2CCCCC2)cc1Br. The molecule has 21 heavy (non-hydrogen) atoms. The van der Waals surface area contributed by atoms with Crippen LogP contribution in [0.1, 0.15) is 64.0 Å². The quantitative estimate of drug-likeness (QED) is 0.749. The molecule has 0 aliphatic heterocycles. The molecule has 0 aromatic heterocycles. The van der Waals surface area contributed by atoms with Crippen molar-refractivity contribution in [2.75, 3.05) is 18.5 Å². The average Bonchev–Trinajstić information content (AvgIpc) is 2.52. The molecule has 0 radical (unpaired) electrons. The first kappa shape index (κ1) is 16.8. The molecule has 2 nitrogen and oxygen atoms in total. The lowest BCUT2D eigenvalue weighted by Gasteiger charge is -2.33. The highest BCUT2D eigenvalue weighted by Gasteiger charge is 2.19. The summed E-state index contributed by atoms with van der Waals surface area (Å²) in [7, 11) is 2.25. The first-order chi connectivity index (χ1) is 10.1. The standard InChI is InChI=1S/C18H29BrN2/c1-4-12-20-14(2)17-11-10-16(13-18(17)19)21(3)15-8-6-5-7-9-15/h10-11,13-15,20H,4-9,12H2,1-3H3. The molecule has 1 unspecified atom stereocenters. The van der Waals surface area contributed by atoms with Crippen molar-refractivity contribution in [3.8, 4) is 0 Å². The second-order valence-electron chi connectivity index (χ2n) is 6.28. The number of rotatable bonds is 6. The normalized spacial score (nSPS) is 17.7. The molecule has 0 spiro atoms. The first-order valence-electron chi connectivity index (χ1n) is 8.39. The molecule has 2 rings (SSSR count). The van der Waals surface area contributed by atoms with Gasteiger partial charge in [0.2, 0.25) is 0 Å². The Morgan fingerprint density at radius 1 is 1.29 bits per heavy atom. The Morgan fingerprint density at radius 2 is 2.00 bits per heavy atom. The number of hydrogen-bond donors (Lipinski definition) is 1. The van der Waals surface area contributed by atoms with Crippen LogP contribution in [0.2, 0.25) is 0 Å². The molecule has 1 N–H and O–H groups in total. The maximum Gasteiger partial charge on any atom is 0.0377 e. The Morgan fingerprint density at radius 3 is 2.62 bits per heavy atom. The molecule has 118 valence electrons. The molecule has 1 atom stereocenters. The van der Waals surface area contributed by atoms with Gasteiger partial charge in [-0.3, -0.25) is 0 Å². The molecule has 1 aromatic carbocycles. The van der Waals surface area contributed by atoms with Gasteiger partial charge in [0.05, 0.1) is 0 Å². The molecule has 1 fully saturated rings. The Bertz CT molecular complexity index is 441. The Kier molecular flexibility index (Phi) is 6.56. The van der Waals surface area contributed by atoms with Gasteiger partial charge < -0.3 is 10.2 Å². The number of benzene rings is 1. The first-order valence-corrected chi connectivity index (χ1v) is 9.18. The van der Waals surface area contributed by atoms with Crippen LogP contribution in [0.15, 0.2) is 22.7 Å². The lowest BCUT2D eigenvalue weighted by molar-refractivity contribution is 0.427. The maximum absolute atomic E-state index is 3.77. The van der Waals surface area contributed by atoms with Gasteiger partial charge in [-0.2, -0.15) is 0 Å². The summed E-state index contributed by atoms with van der Waals surface area (Å²) in [5.41, 5.74) is 2.68. The minimum absolute atomic E-state index is 0.397. The number of halogens is 1. The van der Waals surface area contributed by atoms with Gasteiger partial charge in [0, 0.05) is 29.3 Å². The van der Waals surface area contributed by atoms with Crippen LogP contribution in [0.4, 0.5) is 5.69 Å². The third-order valence-electron chi connectivity index (χ3n) is 4.68. The van der Waals surface area contributed by atoms with Crippen molar-refractivity contribution in [3.05, 3.63) is 28.2 Å². The van der Waals surface area contributed by atoms with Crippen molar-refractivity contribution < 1.29 is 0 Å². The fraction of sp³-hybridized carbons (Fsp3) is 0.667. The van der Waals surface area contributed by atoms with Crippen LogP contribution in [0.25, 0.3) is 0 Å². The van der Waals surface area contributed by atoms with E-state index in [0.717, 1.165) is 6.54 Å². The fourth-order valence-corrected chi connectivity index (χ4v) is 3.95. The summed E-state index contributed by atoms with van der Waals surface area (Å²) in [4.78, 5) is 2.47. The third kappa shape index (κ3) is 4.46. The van der Waals surface area contributed by atoms with E-state index in [1.54, 1.807) is 0 Å². The van der Waals surface area contributed by atoms with E-state index in [-0.39, 0.29) is 0 Å². The van der Waals surface area contributed by atoms with Crippen molar-refractivity contribution in [2.24, 2.45) is 0 Å². The van der Waals surface area contributed by atoms with E-state index in [0.29, 0.717) is 12.1 Å². The second kappa shape index (κ2) is 8.19. The number of nitrogens with zero attached hydrogens (tertiary/aromatic N) is 1. The Balaban J connectivity index is 2.06. The summed E-state index contributed by atoms with van der Waals surface area (Å²) < 4.78 is 1.22. The van der Waals surface area contributed by atoms with Crippen molar-refractivity contribution in [1.82, 2.24) is 5.32 Å². The summed E-state index contributed by atoms with van der Waals surface area (Å²) in [5.74, 6) is 0. The summed E-state index contributed by atoms with van der Waals surface area (Å²) in [6.45, 7) is 5.51. The summed E-state index contributed by atoms with van der Waals surface area (Å²) >= 11 is 3.77. The van der Waals surface area contributed by atoms with E-state index < -0.39 is 0 Å². The molecule has 0 saturated heterocycles. The van der Waals surface area contributed by atoms with E-state index in [2.05, 4.69) is 65.2 Å². The fourth-order valence-electron chi connectivity index (χ4n) is 3.24. The topological polar surface area (TPSA) is 15.3 Å². The van der Waals surface area contributed by atoms with Crippen LogP contribution >= 0.6 is 15.9 Å². The van der Waals surface area contributed by atoms with E-state index in [9.17, 15) is 0 Å². The minimum Gasteiger partial charge on any atom is -0.372 e. The van der Waals surface area contributed by atoms with Gasteiger partial charge in [0.15, 0.2) is 0 Å². The minimum atomic E-state index is 0.397. The Labute approximate surface area is 138 Å². The molecule has 1 aliphatic carbocycles. The molecular formula is C18H29BrN2. The summed E-state index contributed by atoms with van der Waals surface area (Å²) in [6.07, 6.45) is 8.02. The van der Waals surface area contributed by atoms with Crippen LogP contribution < -0.4 is 10.2 Å².